The standard InChI is InChI=1S/C15H28N2O2/c1-10(2)7-13-15(18)17(12-5-6-19-9-12)14(16-13)8-11(3)4/h10-14,16H,5-9H2,1-4H3. The van der Waals surface area contributed by atoms with Crippen LogP contribution in [0.2, 0.25) is 0 Å². The van der Waals surface area contributed by atoms with Crippen molar-refractivity contribution in [2.45, 2.75) is 65.2 Å². The van der Waals surface area contributed by atoms with Crippen LogP contribution in [-0.2, 0) is 9.53 Å². The first-order valence-electron chi connectivity index (χ1n) is 7.65. The van der Waals surface area contributed by atoms with E-state index in [0.717, 1.165) is 25.9 Å². The molecule has 3 unspecified atom stereocenters. The number of ether oxygens (including phenoxy) is 1. The molecule has 2 saturated heterocycles. The van der Waals surface area contributed by atoms with E-state index in [2.05, 4.69) is 37.9 Å². The minimum Gasteiger partial charge on any atom is -0.379 e. The molecule has 0 bridgehead atoms. The molecule has 0 aliphatic carbocycles. The van der Waals surface area contributed by atoms with E-state index >= 15 is 0 Å². The van der Waals surface area contributed by atoms with Crippen LogP contribution in [0.4, 0.5) is 0 Å². The van der Waals surface area contributed by atoms with Crippen molar-refractivity contribution >= 4 is 5.91 Å². The van der Waals surface area contributed by atoms with Crippen LogP contribution in [0.15, 0.2) is 0 Å². The van der Waals surface area contributed by atoms with Crippen molar-refractivity contribution in [1.82, 2.24) is 10.2 Å². The summed E-state index contributed by atoms with van der Waals surface area (Å²) in [6.45, 7) is 10.3. The molecule has 4 nitrogen and oxygen atoms in total. The summed E-state index contributed by atoms with van der Waals surface area (Å²) in [7, 11) is 0. The second-order valence-corrected chi connectivity index (χ2v) is 6.76. The van der Waals surface area contributed by atoms with Gasteiger partial charge in [0, 0.05) is 6.61 Å². The van der Waals surface area contributed by atoms with E-state index in [4.69, 9.17) is 4.74 Å². The van der Waals surface area contributed by atoms with Crippen LogP contribution in [0.1, 0.15) is 47.0 Å². The van der Waals surface area contributed by atoms with E-state index < -0.39 is 0 Å². The zero-order valence-electron chi connectivity index (χ0n) is 12.7. The number of carbonyl (C=O) groups excluding carboxylic acids is 1. The highest BCUT2D eigenvalue weighted by Gasteiger charge is 2.43. The first-order chi connectivity index (χ1) is 8.99. The zero-order valence-corrected chi connectivity index (χ0v) is 12.7. The van der Waals surface area contributed by atoms with Gasteiger partial charge in [-0.15, -0.1) is 0 Å². The quantitative estimate of drug-likeness (QED) is 0.829. The predicted octanol–water partition coefficient (Wildman–Crippen LogP) is 1.99. The van der Waals surface area contributed by atoms with Crippen molar-refractivity contribution in [2.75, 3.05) is 13.2 Å². The fourth-order valence-electron chi connectivity index (χ4n) is 3.16. The lowest BCUT2D eigenvalue weighted by atomic mass is 10.0. The Kier molecular flexibility index (Phi) is 4.85. The molecule has 2 aliphatic heterocycles. The first kappa shape index (κ1) is 14.8. The number of rotatable bonds is 5. The number of hydrogen-bond donors (Lipinski definition) is 1. The lowest BCUT2D eigenvalue weighted by Gasteiger charge is -2.30. The molecule has 2 aliphatic rings. The van der Waals surface area contributed by atoms with Crippen molar-refractivity contribution in [1.29, 1.82) is 0 Å². The van der Waals surface area contributed by atoms with Crippen molar-refractivity contribution < 1.29 is 9.53 Å². The van der Waals surface area contributed by atoms with Crippen molar-refractivity contribution in [3.8, 4) is 0 Å². The van der Waals surface area contributed by atoms with Crippen LogP contribution in [0.25, 0.3) is 0 Å². The molecule has 2 fully saturated rings. The lowest BCUT2D eigenvalue weighted by molar-refractivity contribution is -0.132. The molecular weight excluding hydrogens is 240 g/mol. The molecule has 3 atom stereocenters. The van der Waals surface area contributed by atoms with E-state index in [1.165, 1.54) is 0 Å². The van der Waals surface area contributed by atoms with Gasteiger partial charge in [0.05, 0.1) is 24.9 Å². The number of nitrogens with one attached hydrogen (secondary N) is 1. The second-order valence-electron chi connectivity index (χ2n) is 6.76. The molecule has 2 rings (SSSR count). The highest BCUT2D eigenvalue weighted by molar-refractivity contribution is 5.84. The number of hydrogen-bond acceptors (Lipinski definition) is 3. The number of nitrogens with zero attached hydrogens (tertiary/aromatic N) is 1. The van der Waals surface area contributed by atoms with Crippen LogP contribution in [0.3, 0.4) is 0 Å². The normalized spacial score (nSPS) is 32.0. The topological polar surface area (TPSA) is 41.6 Å². The molecule has 1 amide bonds. The highest BCUT2D eigenvalue weighted by Crippen LogP contribution is 2.26. The average Bonchev–Trinajstić information content (AvgIpc) is 2.87. The first-order valence-corrected chi connectivity index (χ1v) is 7.65. The highest BCUT2D eigenvalue weighted by atomic mass is 16.5. The Morgan fingerprint density at radius 2 is 1.95 bits per heavy atom. The molecule has 0 saturated carbocycles. The molecule has 0 spiro atoms. The summed E-state index contributed by atoms with van der Waals surface area (Å²) in [5.74, 6) is 1.42. The second kappa shape index (κ2) is 6.23. The molecule has 0 aromatic rings. The van der Waals surface area contributed by atoms with E-state index in [9.17, 15) is 4.79 Å². The Balaban J connectivity index is 2.08. The summed E-state index contributed by atoms with van der Waals surface area (Å²) in [5, 5.41) is 3.55. The van der Waals surface area contributed by atoms with Crippen molar-refractivity contribution in [2.24, 2.45) is 11.8 Å². The molecule has 4 heteroatoms. The maximum Gasteiger partial charge on any atom is 0.241 e. The van der Waals surface area contributed by atoms with Gasteiger partial charge in [0.15, 0.2) is 0 Å². The Bertz CT molecular complexity index is 311. The minimum atomic E-state index is 0.00403. The van der Waals surface area contributed by atoms with Crippen LogP contribution in [-0.4, -0.2) is 42.3 Å². The van der Waals surface area contributed by atoms with Gasteiger partial charge in [-0.1, -0.05) is 27.7 Å². The Morgan fingerprint density at radius 3 is 2.47 bits per heavy atom. The number of amides is 1. The van der Waals surface area contributed by atoms with Crippen molar-refractivity contribution in [3.05, 3.63) is 0 Å². The maximum absolute atomic E-state index is 12.6. The van der Waals surface area contributed by atoms with E-state index in [0.29, 0.717) is 18.4 Å². The fourth-order valence-corrected chi connectivity index (χ4v) is 3.16. The van der Waals surface area contributed by atoms with Crippen molar-refractivity contribution in [3.63, 3.8) is 0 Å². The van der Waals surface area contributed by atoms with E-state index in [1.807, 2.05) is 0 Å². The summed E-state index contributed by atoms with van der Waals surface area (Å²) < 4.78 is 5.47. The van der Waals surface area contributed by atoms with Crippen LogP contribution in [0, 0.1) is 11.8 Å². The summed E-state index contributed by atoms with van der Waals surface area (Å²) in [4.78, 5) is 14.7. The van der Waals surface area contributed by atoms with Gasteiger partial charge in [-0.25, -0.2) is 0 Å². The molecule has 2 heterocycles. The summed E-state index contributed by atoms with van der Waals surface area (Å²) in [6, 6.07) is 0.283. The number of carbonyl (C=O) groups is 1. The van der Waals surface area contributed by atoms with Crippen LogP contribution >= 0.6 is 0 Å². The molecule has 0 radical (unpaired) electrons. The Morgan fingerprint density at radius 1 is 1.26 bits per heavy atom. The molecule has 1 N–H and O–H groups in total. The molecule has 19 heavy (non-hydrogen) atoms. The van der Waals surface area contributed by atoms with Gasteiger partial charge in [-0.2, -0.15) is 0 Å². The molecule has 0 aromatic carbocycles. The summed E-state index contributed by atoms with van der Waals surface area (Å²) in [6.07, 6.45) is 3.13. The van der Waals surface area contributed by atoms with E-state index in [1.54, 1.807) is 0 Å². The maximum atomic E-state index is 12.6. The summed E-state index contributed by atoms with van der Waals surface area (Å²) in [5.41, 5.74) is 0. The molecule has 0 aromatic heterocycles. The smallest absolute Gasteiger partial charge is 0.241 e. The zero-order chi connectivity index (χ0) is 14.0. The minimum absolute atomic E-state index is 0.00403. The Hall–Kier alpha value is -0.610. The fraction of sp³-hybridized carbons (Fsp3) is 0.933. The monoisotopic (exact) mass is 268 g/mol. The Labute approximate surface area is 116 Å². The van der Waals surface area contributed by atoms with Gasteiger partial charge < -0.3 is 9.64 Å². The summed E-state index contributed by atoms with van der Waals surface area (Å²) >= 11 is 0. The molecular formula is C15H28N2O2. The average molecular weight is 268 g/mol. The van der Waals surface area contributed by atoms with Crippen LogP contribution in [0.5, 0.6) is 0 Å². The SMILES string of the molecule is CC(C)CC1NC(CC(C)C)N(C2CCOC2)C1=O. The van der Waals surface area contributed by atoms with Gasteiger partial charge in [0.1, 0.15) is 0 Å². The van der Waals surface area contributed by atoms with Gasteiger partial charge in [-0.05, 0) is 31.1 Å². The van der Waals surface area contributed by atoms with Gasteiger partial charge >= 0.3 is 0 Å². The van der Waals surface area contributed by atoms with Gasteiger partial charge in [0.25, 0.3) is 0 Å². The largest absolute Gasteiger partial charge is 0.379 e. The third kappa shape index (κ3) is 3.48. The molecule has 110 valence electrons. The van der Waals surface area contributed by atoms with E-state index in [-0.39, 0.29) is 24.2 Å². The van der Waals surface area contributed by atoms with Crippen LogP contribution < -0.4 is 5.32 Å². The van der Waals surface area contributed by atoms with Gasteiger partial charge in [0.2, 0.25) is 5.91 Å². The van der Waals surface area contributed by atoms with Gasteiger partial charge in [-0.3, -0.25) is 10.1 Å². The third-order valence-corrected chi connectivity index (χ3v) is 3.98. The predicted molar refractivity (Wildman–Crippen MR) is 75.7 cm³/mol. The third-order valence-electron chi connectivity index (χ3n) is 3.98. The lowest BCUT2D eigenvalue weighted by Crippen LogP contribution is -2.45.